The van der Waals surface area contributed by atoms with Crippen LogP contribution < -0.4 is 4.74 Å². The van der Waals surface area contributed by atoms with Gasteiger partial charge in [0.1, 0.15) is 11.6 Å². The van der Waals surface area contributed by atoms with Crippen LogP contribution in [-0.4, -0.2) is 40.6 Å². The summed E-state index contributed by atoms with van der Waals surface area (Å²) in [6, 6.07) is 15.7. The van der Waals surface area contributed by atoms with Crippen molar-refractivity contribution in [3.05, 3.63) is 66.3 Å². The topological polar surface area (TPSA) is 68.5 Å². The highest BCUT2D eigenvalue weighted by Gasteiger charge is 2.28. The number of rotatable bonds is 7. The summed E-state index contributed by atoms with van der Waals surface area (Å²) < 4.78 is 24.5. The van der Waals surface area contributed by atoms with Crippen LogP contribution in [0.4, 0.5) is 4.39 Å². The minimum Gasteiger partial charge on any atom is -0.494 e. The average molecular weight is 409 g/mol. The number of para-hydroxylation sites is 1. The van der Waals surface area contributed by atoms with E-state index >= 15 is 0 Å². The van der Waals surface area contributed by atoms with Gasteiger partial charge in [0.05, 0.1) is 12.5 Å². The molecule has 156 valence electrons. The van der Waals surface area contributed by atoms with Gasteiger partial charge in [-0.25, -0.2) is 4.39 Å². The van der Waals surface area contributed by atoms with Crippen molar-refractivity contribution in [1.29, 1.82) is 0 Å². The van der Waals surface area contributed by atoms with Crippen molar-refractivity contribution < 1.29 is 18.4 Å². The van der Waals surface area contributed by atoms with Crippen LogP contribution in [0, 0.1) is 5.82 Å². The number of nitrogens with zero attached hydrogens (tertiary/aromatic N) is 3. The second-order valence-electron chi connectivity index (χ2n) is 7.41. The summed E-state index contributed by atoms with van der Waals surface area (Å²) in [5, 5.41) is 3.99. The predicted molar refractivity (Wildman–Crippen MR) is 109 cm³/mol. The molecule has 6 nitrogen and oxygen atoms in total. The first-order valence-electron chi connectivity index (χ1n) is 10.2. The molecule has 0 N–H and O–H groups in total. The molecule has 1 aliphatic heterocycles. The van der Waals surface area contributed by atoms with Gasteiger partial charge >= 0.3 is 0 Å². The van der Waals surface area contributed by atoms with Crippen LogP contribution in [0.1, 0.15) is 37.5 Å². The van der Waals surface area contributed by atoms with Crippen molar-refractivity contribution in [2.75, 3.05) is 19.7 Å². The van der Waals surface area contributed by atoms with Crippen LogP contribution in [0.5, 0.6) is 5.75 Å². The number of carbonyl (C=O) groups is 1. The van der Waals surface area contributed by atoms with Crippen molar-refractivity contribution in [1.82, 2.24) is 15.0 Å². The Balaban J connectivity index is 1.29. The first kappa shape index (κ1) is 20.1. The first-order chi connectivity index (χ1) is 14.7. The Bertz CT molecular complexity index is 977. The van der Waals surface area contributed by atoms with E-state index in [0.717, 1.165) is 25.1 Å². The molecule has 0 radical (unpaired) electrons. The van der Waals surface area contributed by atoms with E-state index in [0.29, 0.717) is 43.3 Å². The van der Waals surface area contributed by atoms with Crippen LogP contribution >= 0.6 is 0 Å². The van der Waals surface area contributed by atoms with E-state index in [-0.39, 0.29) is 17.6 Å². The largest absolute Gasteiger partial charge is 0.494 e. The SMILES string of the molecule is O=C(CCCOc1ccccc1)N1CCCC(c2nc(-c3cccc(F)c3)no2)C1. The van der Waals surface area contributed by atoms with Gasteiger partial charge in [-0.1, -0.05) is 35.5 Å². The molecule has 2 heterocycles. The lowest BCUT2D eigenvalue weighted by molar-refractivity contribution is -0.132. The van der Waals surface area contributed by atoms with E-state index in [1.165, 1.54) is 12.1 Å². The molecule has 1 fully saturated rings. The fourth-order valence-corrected chi connectivity index (χ4v) is 3.64. The maximum Gasteiger partial charge on any atom is 0.231 e. The third-order valence-electron chi connectivity index (χ3n) is 5.19. The van der Waals surface area contributed by atoms with Crippen LogP contribution in [0.2, 0.25) is 0 Å². The number of piperidine rings is 1. The van der Waals surface area contributed by atoms with Crippen molar-refractivity contribution in [2.24, 2.45) is 0 Å². The van der Waals surface area contributed by atoms with Gasteiger partial charge < -0.3 is 14.2 Å². The van der Waals surface area contributed by atoms with E-state index in [9.17, 15) is 9.18 Å². The minimum atomic E-state index is -0.343. The molecular weight excluding hydrogens is 385 g/mol. The van der Waals surface area contributed by atoms with Crippen molar-refractivity contribution in [3.8, 4) is 17.1 Å². The molecule has 2 aromatic carbocycles. The number of hydrogen-bond acceptors (Lipinski definition) is 5. The molecule has 1 aromatic heterocycles. The fourth-order valence-electron chi connectivity index (χ4n) is 3.64. The Morgan fingerprint density at radius 2 is 2.07 bits per heavy atom. The molecule has 0 saturated carbocycles. The summed E-state index contributed by atoms with van der Waals surface area (Å²) in [6.45, 7) is 1.80. The summed E-state index contributed by atoms with van der Waals surface area (Å²) in [5.74, 6) is 1.45. The Hall–Kier alpha value is -3.22. The highest BCUT2D eigenvalue weighted by Crippen LogP contribution is 2.28. The number of carbonyl (C=O) groups excluding carboxylic acids is 1. The summed E-state index contributed by atoms with van der Waals surface area (Å²) in [5.41, 5.74) is 0.576. The lowest BCUT2D eigenvalue weighted by Crippen LogP contribution is -2.39. The number of benzene rings is 2. The van der Waals surface area contributed by atoms with Gasteiger partial charge in [-0.2, -0.15) is 4.98 Å². The quantitative estimate of drug-likeness (QED) is 0.540. The summed E-state index contributed by atoms with van der Waals surface area (Å²) in [7, 11) is 0. The van der Waals surface area contributed by atoms with E-state index in [1.54, 1.807) is 12.1 Å². The Kier molecular flexibility index (Phi) is 6.37. The third kappa shape index (κ3) is 5.03. The van der Waals surface area contributed by atoms with Crippen molar-refractivity contribution in [3.63, 3.8) is 0 Å². The van der Waals surface area contributed by atoms with Crippen LogP contribution in [0.15, 0.2) is 59.1 Å². The molecule has 1 unspecified atom stereocenters. The van der Waals surface area contributed by atoms with Crippen LogP contribution in [0.25, 0.3) is 11.4 Å². The summed E-state index contributed by atoms with van der Waals surface area (Å²) in [4.78, 5) is 18.9. The number of aromatic nitrogens is 2. The maximum absolute atomic E-state index is 13.4. The van der Waals surface area contributed by atoms with E-state index in [4.69, 9.17) is 9.26 Å². The van der Waals surface area contributed by atoms with Crippen molar-refractivity contribution >= 4 is 5.91 Å². The second-order valence-corrected chi connectivity index (χ2v) is 7.41. The van der Waals surface area contributed by atoms with Crippen LogP contribution in [-0.2, 0) is 4.79 Å². The second kappa shape index (κ2) is 9.52. The molecule has 1 atom stereocenters. The number of amides is 1. The van der Waals surface area contributed by atoms with Gasteiger partial charge in [-0.15, -0.1) is 0 Å². The standard InChI is InChI=1S/C23H24FN3O3/c24-19-9-4-7-17(15-19)22-25-23(30-26-22)18-8-5-13-27(16-18)21(28)12-6-14-29-20-10-2-1-3-11-20/h1-4,7,9-11,15,18H,5-6,8,12-14,16H2. The predicted octanol–water partition coefficient (Wildman–Crippen LogP) is 4.44. The highest BCUT2D eigenvalue weighted by atomic mass is 19.1. The third-order valence-corrected chi connectivity index (χ3v) is 5.19. The highest BCUT2D eigenvalue weighted by molar-refractivity contribution is 5.76. The van der Waals surface area contributed by atoms with Gasteiger partial charge in [0.25, 0.3) is 0 Å². The van der Waals surface area contributed by atoms with Gasteiger partial charge in [0.2, 0.25) is 17.6 Å². The zero-order chi connectivity index (χ0) is 20.8. The Morgan fingerprint density at radius 3 is 2.90 bits per heavy atom. The number of ether oxygens (including phenoxy) is 1. The molecule has 0 spiro atoms. The van der Waals surface area contributed by atoms with E-state index < -0.39 is 0 Å². The number of halogens is 1. The molecule has 1 saturated heterocycles. The van der Waals surface area contributed by atoms with E-state index in [2.05, 4.69) is 10.1 Å². The fraction of sp³-hybridized carbons (Fsp3) is 0.348. The molecule has 3 aromatic rings. The normalized spacial score (nSPS) is 16.4. The lowest BCUT2D eigenvalue weighted by Gasteiger charge is -2.31. The molecule has 1 aliphatic rings. The zero-order valence-corrected chi connectivity index (χ0v) is 16.7. The minimum absolute atomic E-state index is 0.00178. The smallest absolute Gasteiger partial charge is 0.231 e. The van der Waals surface area contributed by atoms with Crippen molar-refractivity contribution in [2.45, 2.75) is 31.6 Å². The molecule has 1 amide bonds. The van der Waals surface area contributed by atoms with Gasteiger partial charge in [-0.3, -0.25) is 4.79 Å². The molecule has 30 heavy (non-hydrogen) atoms. The average Bonchev–Trinajstić information content (AvgIpc) is 3.28. The molecule has 4 rings (SSSR count). The lowest BCUT2D eigenvalue weighted by atomic mass is 9.97. The van der Waals surface area contributed by atoms with E-state index in [1.807, 2.05) is 35.2 Å². The number of hydrogen-bond donors (Lipinski definition) is 0. The molecular formula is C23H24FN3O3. The number of likely N-dealkylation sites (tertiary alicyclic amines) is 1. The maximum atomic E-state index is 13.4. The van der Waals surface area contributed by atoms with Crippen LogP contribution in [0.3, 0.4) is 0 Å². The Morgan fingerprint density at radius 1 is 1.20 bits per heavy atom. The summed E-state index contributed by atoms with van der Waals surface area (Å²) >= 11 is 0. The Labute approximate surface area is 174 Å². The van der Waals surface area contributed by atoms with Gasteiger partial charge in [0.15, 0.2) is 0 Å². The molecule has 7 heteroatoms. The zero-order valence-electron chi connectivity index (χ0n) is 16.7. The molecule has 0 aliphatic carbocycles. The first-order valence-corrected chi connectivity index (χ1v) is 10.2. The van der Waals surface area contributed by atoms with Gasteiger partial charge in [-0.05, 0) is 43.5 Å². The van der Waals surface area contributed by atoms with Gasteiger partial charge in [0, 0.05) is 25.1 Å². The summed E-state index contributed by atoms with van der Waals surface area (Å²) in [6.07, 6.45) is 2.87. The molecule has 0 bridgehead atoms. The monoisotopic (exact) mass is 409 g/mol.